The van der Waals surface area contributed by atoms with E-state index in [2.05, 4.69) is 15.2 Å². The summed E-state index contributed by atoms with van der Waals surface area (Å²) in [5.41, 5.74) is 0.316. The predicted molar refractivity (Wildman–Crippen MR) is 116 cm³/mol. The Balaban J connectivity index is 1.51. The monoisotopic (exact) mass is 448 g/mol. The van der Waals surface area contributed by atoms with Gasteiger partial charge in [-0.2, -0.15) is 0 Å². The Morgan fingerprint density at radius 1 is 1.23 bits per heavy atom. The van der Waals surface area contributed by atoms with Crippen LogP contribution in [0.25, 0.3) is 10.2 Å². The summed E-state index contributed by atoms with van der Waals surface area (Å²) in [5.74, 6) is -2.20. The lowest BCUT2D eigenvalue weighted by Gasteiger charge is -2.35. The molecule has 31 heavy (non-hydrogen) atoms. The number of rotatable bonds is 6. The summed E-state index contributed by atoms with van der Waals surface area (Å²) in [6, 6.07) is 7.73. The maximum atomic E-state index is 14.7. The molecule has 2 N–H and O–H groups in total. The van der Waals surface area contributed by atoms with E-state index in [0.717, 1.165) is 4.70 Å². The van der Waals surface area contributed by atoms with Crippen molar-refractivity contribution in [3.8, 4) is 5.75 Å². The third-order valence-electron chi connectivity index (χ3n) is 5.23. The molecule has 1 aromatic heterocycles. The molecular formula is C21H22F2N4O3S. The van der Waals surface area contributed by atoms with Crippen LogP contribution in [0.4, 0.5) is 19.6 Å². The summed E-state index contributed by atoms with van der Waals surface area (Å²) in [7, 11) is 1.52. The van der Waals surface area contributed by atoms with Crippen LogP contribution < -0.4 is 15.0 Å². The van der Waals surface area contributed by atoms with E-state index in [9.17, 15) is 13.6 Å². The Labute approximate surface area is 181 Å². The van der Waals surface area contributed by atoms with Crippen LogP contribution in [0.15, 0.2) is 30.3 Å². The lowest BCUT2D eigenvalue weighted by Crippen LogP contribution is -2.47. The van der Waals surface area contributed by atoms with Gasteiger partial charge >= 0.3 is 0 Å². The molecule has 0 saturated carbocycles. The number of aromatic nitrogens is 1. The predicted octanol–water partition coefficient (Wildman–Crippen LogP) is 2.95. The number of hydrogen-bond acceptors (Lipinski definition) is 7. The van der Waals surface area contributed by atoms with Crippen molar-refractivity contribution in [1.29, 1.82) is 0 Å². The molecule has 1 amide bonds. The van der Waals surface area contributed by atoms with Gasteiger partial charge in [-0.1, -0.05) is 17.4 Å². The second-order valence-corrected chi connectivity index (χ2v) is 8.15. The fraction of sp³-hybridized carbons (Fsp3) is 0.333. The molecule has 3 aromatic rings. The number of carbonyl (C=O) groups excluding carboxylic acids is 1. The molecule has 0 bridgehead atoms. The second kappa shape index (κ2) is 9.13. The number of β-amino-alcohol motifs (C(OH)–C–C–N with tert-alkyl or cyclic N) is 1. The number of benzene rings is 2. The summed E-state index contributed by atoms with van der Waals surface area (Å²) >= 11 is 1.19. The van der Waals surface area contributed by atoms with E-state index >= 15 is 0 Å². The Hall–Kier alpha value is -2.82. The molecule has 10 heteroatoms. The Kier molecular flexibility index (Phi) is 6.30. The molecular weight excluding hydrogens is 426 g/mol. The van der Waals surface area contributed by atoms with E-state index in [1.807, 2.05) is 11.0 Å². The van der Waals surface area contributed by atoms with E-state index < -0.39 is 23.1 Å². The molecule has 0 aliphatic carbocycles. The van der Waals surface area contributed by atoms with Gasteiger partial charge in [-0.15, -0.1) is 0 Å². The number of piperazine rings is 1. The number of amides is 1. The number of carbonyl (C=O) groups is 1. The maximum absolute atomic E-state index is 14.7. The van der Waals surface area contributed by atoms with Crippen molar-refractivity contribution in [1.82, 2.24) is 9.88 Å². The topological polar surface area (TPSA) is 77.9 Å². The largest absolute Gasteiger partial charge is 0.494 e. The van der Waals surface area contributed by atoms with Gasteiger partial charge in [-0.25, -0.2) is 13.8 Å². The first-order valence-corrected chi connectivity index (χ1v) is 10.6. The van der Waals surface area contributed by atoms with E-state index in [0.29, 0.717) is 49.7 Å². The molecule has 1 saturated heterocycles. The van der Waals surface area contributed by atoms with Crippen LogP contribution in [0.1, 0.15) is 10.4 Å². The molecule has 4 rings (SSSR count). The number of nitrogens with one attached hydrogen (secondary N) is 1. The fourth-order valence-electron chi connectivity index (χ4n) is 3.63. The van der Waals surface area contributed by atoms with Gasteiger partial charge in [0.2, 0.25) is 0 Å². The zero-order chi connectivity index (χ0) is 22.0. The number of thiazole rings is 1. The number of aliphatic hydroxyl groups is 1. The normalized spacial score (nSPS) is 14.8. The van der Waals surface area contributed by atoms with Crippen LogP contribution >= 0.6 is 11.3 Å². The van der Waals surface area contributed by atoms with Gasteiger partial charge in [-0.3, -0.25) is 15.0 Å². The van der Waals surface area contributed by atoms with Crippen LogP contribution in [-0.2, 0) is 0 Å². The first-order chi connectivity index (χ1) is 15.0. The van der Waals surface area contributed by atoms with Crippen molar-refractivity contribution in [3.05, 3.63) is 47.5 Å². The minimum Gasteiger partial charge on any atom is -0.494 e. The summed E-state index contributed by atoms with van der Waals surface area (Å²) < 4.78 is 35.5. The SMILES string of the molecule is COc1cccc2sc(NC(=O)c3c(F)cc(N4CCN(CCO)CC4)cc3F)nc12. The summed E-state index contributed by atoms with van der Waals surface area (Å²) in [6.07, 6.45) is 0. The average Bonchev–Trinajstić information content (AvgIpc) is 3.16. The van der Waals surface area contributed by atoms with Crippen LogP contribution in [0.5, 0.6) is 5.75 Å². The van der Waals surface area contributed by atoms with Crippen molar-refractivity contribution in [3.63, 3.8) is 0 Å². The van der Waals surface area contributed by atoms with Crippen LogP contribution in [0.3, 0.4) is 0 Å². The maximum Gasteiger partial charge on any atom is 0.263 e. The molecule has 7 nitrogen and oxygen atoms in total. The quantitative estimate of drug-likeness (QED) is 0.604. The fourth-order valence-corrected chi connectivity index (χ4v) is 4.51. The van der Waals surface area contributed by atoms with Crippen LogP contribution in [0.2, 0.25) is 0 Å². The third-order valence-corrected chi connectivity index (χ3v) is 6.17. The van der Waals surface area contributed by atoms with E-state index in [4.69, 9.17) is 9.84 Å². The van der Waals surface area contributed by atoms with Gasteiger partial charge in [-0.05, 0) is 24.3 Å². The zero-order valence-corrected chi connectivity index (χ0v) is 17.7. The van der Waals surface area contributed by atoms with Gasteiger partial charge in [0.1, 0.15) is 28.5 Å². The van der Waals surface area contributed by atoms with Crippen molar-refractivity contribution >= 4 is 38.3 Å². The van der Waals surface area contributed by atoms with Gasteiger partial charge in [0.15, 0.2) is 5.13 Å². The summed E-state index contributed by atoms with van der Waals surface area (Å²) in [5, 5.41) is 11.7. The van der Waals surface area contributed by atoms with E-state index in [-0.39, 0.29) is 11.7 Å². The standard InChI is InChI=1S/C21H22F2N4O3S/c1-30-16-3-2-4-17-19(16)24-21(31-17)25-20(29)18-14(22)11-13(12-15(18)23)27-7-5-26(6-8-27)9-10-28/h2-4,11-12,28H,5-10H2,1H3,(H,24,25,29). The number of ether oxygens (including phenoxy) is 1. The lowest BCUT2D eigenvalue weighted by molar-refractivity contribution is 0.101. The van der Waals surface area contributed by atoms with Crippen molar-refractivity contribution in [2.24, 2.45) is 0 Å². The molecule has 164 valence electrons. The molecule has 2 heterocycles. The smallest absolute Gasteiger partial charge is 0.263 e. The first-order valence-electron chi connectivity index (χ1n) is 9.82. The highest BCUT2D eigenvalue weighted by atomic mass is 32.1. The molecule has 0 radical (unpaired) electrons. The van der Waals surface area contributed by atoms with Crippen molar-refractivity contribution in [2.75, 3.05) is 56.7 Å². The number of methoxy groups -OCH3 is 1. The molecule has 1 aliphatic heterocycles. The number of aliphatic hydroxyl groups excluding tert-OH is 1. The third kappa shape index (κ3) is 4.46. The first kappa shape index (κ1) is 21.4. The Morgan fingerprint density at radius 2 is 1.94 bits per heavy atom. The highest BCUT2D eigenvalue weighted by Gasteiger charge is 2.24. The van der Waals surface area contributed by atoms with E-state index in [1.54, 1.807) is 12.1 Å². The summed E-state index contributed by atoms with van der Waals surface area (Å²) in [6.45, 7) is 3.19. The van der Waals surface area contributed by atoms with Gasteiger partial charge in [0.05, 0.1) is 18.4 Å². The number of nitrogens with zero attached hydrogens (tertiary/aromatic N) is 3. The highest BCUT2D eigenvalue weighted by Crippen LogP contribution is 2.32. The zero-order valence-electron chi connectivity index (χ0n) is 16.9. The molecule has 0 unspecified atom stereocenters. The van der Waals surface area contributed by atoms with E-state index in [1.165, 1.54) is 30.6 Å². The highest BCUT2D eigenvalue weighted by molar-refractivity contribution is 7.22. The molecule has 0 spiro atoms. The second-order valence-electron chi connectivity index (χ2n) is 7.12. The minimum atomic E-state index is -0.927. The summed E-state index contributed by atoms with van der Waals surface area (Å²) in [4.78, 5) is 20.8. The number of anilines is 2. The number of fused-ring (bicyclic) bond motifs is 1. The Morgan fingerprint density at radius 3 is 2.58 bits per heavy atom. The molecule has 1 aliphatic rings. The lowest BCUT2D eigenvalue weighted by atomic mass is 10.1. The minimum absolute atomic E-state index is 0.0779. The Bertz CT molecular complexity index is 1080. The molecule has 0 atom stereocenters. The number of hydrogen-bond donors (Lipinski definition) is 2. The number of para-hydroxylation sites is 1. The van der Waals surface area contributed by atoms with Crippen molar-refractivity contribution < 1.29 is 23.4 Å². The van der Waals surface area contributed by atoms with Gasteiger partial charge in [0.25, 0.3) is 5.91 Å². The van der Waals surface area contributed by atoms with Crippen LogP contribution in [-0.4, -0.2) is 67.3 Å². The molecule has 1 fully saturated rings. The van der Waals surface area contributed by atoms with Gasteiger partial charge in [0, 0.05) is 38.4 Å². The van der Waals surface area contributed by atoms with Crippen molar-refractivity contribution in [2.45, 2.75) is 0 Å². The van der Waals surface area contributed by atoms with Gasteiger partial charge < -0.3 is 14.7 Å². The molecule has 2 aromatic carbocycles. The van der Waals surface area contributed by atoms with Crippen LogP contribution in [0, 0.1) is 11.6 Å². The average molecular weight is 448 g/mol. The number of halogens is 2.